The fourth-order valence-electron chi connectivity index (χ4n) is 2.62. The SMILES string of the molecule is COC(=O)CCc1ccc(NC(=O)C(N)C2CCOCC2)cc1. The topological polar surface area (TPSA) is 90.7 Å². The fourth-order valence-corrected chi connectivity index (χ4v) is 2.62. The van der Waals surface area contributed by atoms with E-state index in [2.05, 4.69) is 10.1 Å². The monoisotopic (exact) mass is 320 g/mol. The van der Waals surface area contributed by atoms with Crippen LogP contribution < -0.4 is 11.1 Å². The van der Waals surface area contributed by atoms with Crippen LogP contribution in [0.15, 0.2) is 24.3 Å². The number of rotatable bonds is 6. The van der Waals surface area contributed by atoms with Crippen molar-refractivity contribution in [3.05, 3.63) is 29.8 Å². The van der Waals surface area contributed by atoms with Crippen molar-refractivity contribution in [1.82, 2.24) is 0 Å². The largest absolute Gasteiger partial charge is 0.469 e. The van der Waals surface area contributed by atoms with E-state index >= 15 is 0 Å². The number of nitrogens with one attached hydrogen (secondary N) is 1. The molecule has 1 saturated heterocycles. The van der Waals surface area contributed by atoms with Gasteiger partial charge in [-0.15, -0.1) is 0 Å². The molecule has 1 heterocycles. The van der Waals surface area contributed by atoms with E-state index in [1.807, 2.05) is 24.3 Å². The molecule has 1 aromatic rings. The van der Waals surface area contributed by atoms with Crippen molar-refractivity contribution < 1.29 is 19.1 Å². The van der Waals surface area contributed by atoms with Crippen molar-refractivity contribution in [2.24, 2.45) is 11.7 Å². The minimum atomic E-state index is -0.516. The number of anilines is 1. The summed E-state index contributed by atoms with van der Waals surface area (Å²) < 4.78 is 9.90. The van der Waals surface area contributed by atoms with Crippen LogP contribution in [0, 0.1) is 5.92 Å². The first kappa shape index (κ1) is 17.4. The van der Waals surface area contributed by atoms with Crippen molar-refractivity contribution in [1.29, 1.82) is 0 Å². The molecule has 1 aliphatic rings. The summed E-state index contributed by atoms with van der Waals surface area (Å²) in [5, 5.41) is 2.85. The van der Waals surface area contributed by atoms with Crippen LogP contribution in [-0.2, 0) is 25.5 Å². The Morgan fingerprint density at radius 3 is 2.57 bits per heavy atom. The highest BCUT2D eigenvalue weighted by Crippen LogP contribution is 2.19. The zero-order valence-electron chi connectivity index (χ0n) is 13.4. The minimum absolute atomic E-state index is 0.167. The molecular weight excluding hydrogens is 296 g/mol. The molecule has 0 bridgehead atoms. The van der Waals surface area contributed by atoms with Crippen molar-refractivity contribution in [2.75, 3.05) is 25.6 Å². The highest BCUT2D eigenvalue weighted by Gasteiger charge is 2.26. The number of methoxy groups -OCH3 is 1. The summed E-state index contributed by atoms with van der Waals surface area (Å²) in [5.74, 6) is -0.230. The Hall–Kier alpha value is -1.92. The summed E-state index contributed by atoms with van der Waals surface area (Å²) in [6.07, 6.45) is 2.60. The lowest BCUT2D eigenvalue weighted by Gasteiger charge is -2.26. The molecule has 1 aromatic carbocycles. The molecule has 0 radical (unpaired) electrons. The van der Waals surface area contributed by atoms with Gasteiger partial charge in [0.05, 0.1) is 13.2 Å². The van der Waals surface area contributed by atoms with E-state index < -0.39 is 6.04 Å². The quantitative estimate of drug-likeness (QED) is 0.775. The molecule has 126 valence electrons. The number of carbonyl (C=O) groups is 2. The van der Waals surface area contributed by atoms with Crippen LogP contribution in [0.25, 0.3) is 0 Å². The molecule has 23 heavy (non-hydrogen) atoms. The predicted octanol–water partition coefficient (Wildman–Crippen LogP) is 1.48. The summed E-state index contributed by atoms with van der Waals surface area (Å²) in [6, 6.07) is 6.90. The van der Waals surface area contributed by atoms with Gasteiger partial charge in [0, 0.05) is 25.3 Å². The zero-order valence-corrected chi connectivity index (χ0v) is 13.4. The third-order valence-corrected chi connectivity index (χ3v) is 4.14. The van der Waals surface area contributed by atoms with Crippen molar-refractivity contribution >= 4 is 17.6 Å². The lowest BCUT2D eigenvalue weighted by molar-refractivity contribution is -0.140. The summed E-state index contributed by atoms with van der Waals surface area (Å²) in [7, 11) is 1.38. The third kappa shape index (κ3) is 5.33. The van der Waals surface area contributed by atoms with Gasteiger partial charge in [-0.3, -0.25) is 9.59 Å². The third-order valence-electron chi connectivity index (χ3n) is 4.14. The molecule has 0 aromatic heterocycles. The van der Waals surface area contributed by atoms with Crippen LogP contribution in [0.1, 0.15) is 24.8 Å². The maximum absolute atomic E-state index is 12.2. The first-order chi connectivity index (χ1) is 11.1. The van der Waals surface area contributed by atoms with Gasteiger partial charge in [0.25, 0.3) is 0 Å². The second kappa shape index (κ2) is 8.64. The van der Waals surface area contributed by atoms with Gasteiger partial charge in [-0.1, -0.05) is 12.1 Å². The molecule has 1 aliphatic heterocycles. The zero-order chi connectivity index (χ0) is 16.7. The number of nitrogens with two attached hydrogens (primary N) is 1. The van der Waals surface area contributed by atoms with E-state index in [1.54, 1.807) is 0 Å². The van der Waals surface area contributed by atoms with Crippen molar-refractivity contribution in [3.8, 4) is 0 Å². The number of esters is 1. The van der Waals surface area contributed by atoms with Crippen LogP contribution in [0.5, 0.6) is 0 Å². The van der Waals surface area contributed by atoms with Gasteiger partial charge in [0.2, 0.25) is 5.91 Å². The molecule has 1 amide bonds. The van der Waals surface area contributed by atoms with Crippen molar-refractivity contribution in [2.45, 2.75) is 31.7 Å². The Morgan fingerprint density at radius 1 is 1.30 bits per heavy atom. The first-order valence-corrected chi connectivity index (χ1v) is 7.90. The second-order valence-electron chi connectivity index (χ2n) is 5.74. The number of ether oxygens (including phenoxy) is 2. The molecule has 1 fully saturated rings. The number of aryl methyl sites for hydroxylation is 1. The maximum atomic E-state index is 12.2. The lowest BCUT2D eigenvalue weighted by Crippen LogP contribution is -2.43. The average molecular weight is 320 g/mol. The van der Waals surface area contributed by atoms with Crippen LogP contribution >= 0.6 is 0 Å². The molecule has 2 rings (SSSR count). The highest BCUT2D eigenvalue weighted by atomic mass is 16.5. The van der Waals surface area contributed by atoms with Crippen LogP contribution in [0.4, 0.5) is 5.69 Å². The number of carbonyl (C=O) groups excluding carboxylic acids is 2. The summed E-state index contributed by atoms with van der Waals surface area (Å²) in [6.45, 7) is 1.33. The average Bonchev–Trinajstić information content (AvgIpc) is 2.60. The molecule has 1 unspecified atom stereocenters. The first-order valence-electron chi connectivity index (χ1n) is 7.90. The van der Waals surface area contributed by atoms with E-state index in [0.717, 1.165) is 18.4 Å². The Balaban J connectivity index is 1.84. The smallest absolute Gasteiger partial charge is 0.305 e. The van der Waals surface area contributed by atoms with E-state index in [4.69, 9.17) is 10.5 Å². The Kier molecular flexibility index (Phi) is 6.55. The van der Waals surface area contributed by atoms with Gasteiger partial charge in [0.1, 0.15) is 0 Å². The van der Waals surface area contributed by atoms with E-state index in [-0.39, 0.29) is 17.8 Å². The number of amides is 1. The Labute approximate surface area is 136 Å². The Bertz CT molecular complexity index is 524. The molecule has 0 spiro atoms. The predicted molar refractivity (Wildman–Crippen MR) is 86.9 cm³/mol. The van der Waals surface area contributed by atoms with Gasteiger partial charge in [-0.25, -0.2) is 0 Å². The summed E-state index contributed by atoms with van der Waals surface area (Å²) in [5.41, 5.74) is 7.77. The maximum Gasteiger partial charge on any atom is 0.305 e. The molecule has 6 nitrogen and oxygen atoms in total. The lowest BCUT2D eigenvalue weighted by atomic mass is 9.92. The normalized spacial score (nSPS) is 16.6. The van der Waals surface area contributed by atoms with Gasteiger partial charge in [-0.05, 0) is 42.9 Å². The number of benzene rings is 1. The van der Waals surface area contributed by atoms with Gasteiger partial charge < -0.3 is 20.5 Å². The fraction of sp³-hybridized carbons (Fsp3) is 0.529. The molecule has 6 heteroatoms. The standard InChI is InChI=1S/C17H24N2O4/c1-22-15(20)7-4-12-2-5-14(6-3-12)19-17(21)16(18)13-8-10-23-11-9-13/h2-3,5-6,13,16H,4,7-11,18H2,1H3,(H,19,21). The second-order valence-corrected chi connectivity index (χ2v) is 5.74. The van der Waals surface area contributed by atoms with Crippen LogP contribution in [-0.4, -0.2) is 38.2 Å². The molecule has 0 saturated carbocycles. The molecule has 1 atom stereocenters. The van der Waals surface area contributed by atoms with Gasteiger partial charge >= 0.3 is 5.97 Å². The Morgan fingerprint density at radius 2 is 1.96 bits per heavy atom. The number of hydrogen-bond acceptors (Lipinski definition) is 5. The van der Waals surface area contributed by atoms with E-state index in [1.165, 1.54) is 7.11 Å². The van der Waals surface area contributed by atoms with Crippen molar-refractivity contribution in [3.63, 3.8) is 0 Å². The van der Waals surface area contributed by atoms with Crippen LogP contribution in [0.3, 0.4) is 0 Å². The number of hydrogen-bond donors (Lipinski definition) is 2. The molecule has 0 aliphatic carbocycles. The summed E-state index contributed by atoms with van der Waals surface area (Å²) in [4.78, 5) is 23.3. The molecule has 3 N–H and O–H groups in total. The minimum Gasteiger partial charge on any atom is -0.469 e. The van der Waals surface area contributed by atoms with Gasteiger partial charge in [0.15, 0.2) is 0 Å². The van der Waals surface area contributed by atoms with Crippen LogP contribution in [0.2, 0.25) is 0 Å². The van der Waals surface area contributed by atoms with E-state index in [0.29, 0.717) is 31.7 Å². The summed E-state index contributed by atoms with van der Waals surface area (Å²) >= 11 is 0. The highest BCUT2D eigenvalue weighted by molar-refractivity contribution is 5.94. The van der Waals surface area contributed by atoms with E-state index in [9.17, 15) is 9.59 Å². The molecular formula is C17H24N2O4. The van der Waals surface area contributed by atoms with Gasteiger partial charge in [-0.2, -0.15) is 0 Å².